The number of benzene rings is 6. The van der Waals surface area contributed by atoms with Gasteiger partial charge in [0, 0.05) is 35.0 Å². The van der Waals surface area contributed by atoms with Crippen LogP contribution in [-0.2, 0) is 9.59 Å². The number of carbonyl (C=O) groups excluding carboxylic acids is 2. The fraction of sp³-hybridized carbons (Fsp3) is 0.174. The summed E-state index contributed by atoms with van der Waals surface area (Å²) in [7, 11) is 0. The molecular weight excluding hydrogens is 677 g/mol. The molecule has 2 heterocycles. The van der Waals surface area contributed by atoms with E-state index in [2.05, 4.69) is 13.2 Å². The van der Waals surface area contributed by atoms with Gasteiger partial charge in [0.1, 0.15) is 48.3 Å². The summed E-state index contributed by atoms with van der Waals surface area (Å²) in [5.74, 6) is 2.19. The molecule has 6 aromatic carbocycles. The summed E-state index contributed by atoms with van der Waals surface area (Å²) in [4.78, 5) is 31.9. The van der Waals surface area contributed by atoms with Gasteiger partial charge in [0.2, 0.25) is 12.2 Å². The maximum atomic E-state index is 14.2. The first-order valence-electron chi connectivity index (χ1n) is 18.1. The van der Waals surface area contributed by atoms with Crippen molar-refractivity contribution in [3.05, 3.63) is 170 Å². The number of nitrogens with zero attached hydrogens (tertiary/aromatic N) is 2. The summed E-state index contributed by atoms with van der Waals surface area (Å²) in [6, 6.07) is 42.0. The van der Waals surface area contributed by atoms with Gasteiger partial charge in [-0.3, -0.25) is 9.59 Å². The molecule has 0 spiro atoms. The molecule has 0 aliphatic carbocycles. The lowest BCUT2D eigenvalue weighted by atomic mass is 9.88. The van der Waals surface area contributed by atoms with Crippen molar-refractivity contribution in [3.8, 4) is 23.0 Å². The van der Waals surface area contributed by atoms with Crippen LogP contribution in [0, 0.1) is 0 Å². The van der Waals surface area contributed by atoms with Crippen LogP contribution >= 0.6 is 0 Å². The first-order chi connectivity index (χ1) is 26.6. The SMILES string of the molecule is C=CCOc1ccccc1[C@@H]1[C@H](Oc2cccc3ccccc23)C(=O)N1CCN1C(=O)[C@H](Oc2cccc3ccccc23)[C@@H]1c1ccccc1OCC=C. The first kappa shape index (κ1) is 34.5. The first-order valence-corrected chi connectivity index (χ1v) is 18.1. The highest BCUT2D eigenvalue weighted by Crippen LogP contribution is 2.45. The van der Waals surface area contributed by atoms with E-state index in [9.17, 15) is 9.59 Å². The molecule has 2 aliphatic heterocycles. The zero-order chi connectivity index (χ0) is 37.0. The molecule has 8 heteroatoms. The minimum Gasteiger partial charge on any atom is -0.489 e. The molecule has 4 atom stereocenters. The van der Waals surface area contributed by atoms with Gasteiger partial charge in [0.15, 0.2) is 0 Å². The number of carbonyl (C=O) groups is 2. The van der Waals surface area contributed by atoms with Gasteiger partial charge in [-0.2, -0.15) is 0 Å². The lowest BCUT2D eigenvalue weighted by Crippen LogP contribution is -2.66. The highest BCUT2D eigenvalue weighted by atomic mass is 16.5. The molecule has 0 aromatic heterocycles. The van der Waals surface area contributed by atoms with Crippen LogP contribution in [0.5, 0.6) is 23.0 Å². The molecule has 54 heavy (non-hydrogen) atoms. The Balaban J connectivity index is 1.10. The van der Waals surface area contributed by atoms with Crippen LogP contribution in [0.4, 0.5) is 0 Å². The van der Waals surface area contributed by atoms with E-state index in [0.717, 1.165) is 32.7 Å². The number of hydrogen-bond acceptors (Lipinski definition) is 6. The van der Waals surface area contributed by atoms with Gasteiger partial charge >= 0.3 is 0 Å². The Labute approximate surface area is 314 Å². The van der Waals surface area contributed by atoms with E-state index in [4.69, 9.17) is 18.9 Å². The van der Waals surface area contributed by atoms with Crippen molar-refractivity contribution in [3.63, 3.8) is 0 Å². The van der Waals surface area contributed by atoms with E-state index in [1.165, 1.54) is 0 Å². The van der Waals surface area contributed by atoms with Crippen molar-refractivity contribution in [2.75, 3.05) is 26.3 Å². The Morgan fingerprint density at radius 2 is 0.852 bits per heavy atom. The Morgan fingerprint density at radius 3 is 1.30 bits per heavy atom. The standard InChI is InChI=1S/C46H40N2O6/c1-3-29-51-37-23-11-9-21-35(37)41-43(53-39-25-13-17-31-15-5-7-19-33(31)39)45(49)47(41)27-28-48-42(36-22-10-12-24-38(36)52-30-4-2)44(46(48)50)54-40-26-14-18-32-16-6-8-20-34(32)40/h3-26,41-44H,1-2,27-30H2/t41-,42+,43+,44-. The van der Waals surface area contributed by atoms with E-state index >= 15 is 0 Å². The lowest BCUT2D eigenvalue weighted by molar-refractivity contribution is -0.172. The predicted molar refractivity (Wildman–Crippen MR) is 210 cm³/mol. The van der Waals surface area contributed by atoms with Gasteiger partial charge in [0.05, 0.1) is 0 Å². The van der Waals surface area contributed by atoms with Crippen LogP contribution in [0.25, 0.3) is 21.5 Å². The van der Waals surface area contributed by atoms with Crippen molar-refractivity contribution < 1.29 is 28.5 Å². The fourth-order valence-electron chi connectivity index (χ4n) is 7.52. The molecule has 0 saturated carbocycles. The normalized spacial score (nSPS) is 19.2. The Bertz CT molecular complexity index is 2180. The molecule has 8 rings (SSSR count). The van der Waals surface area contributed by atoms with Crippen LogP contribution in [0.3, 0.4) is 0 Å². The van der Waals surface area contributed by atoms with Crippen LogP contribution in [0.2, 0.25) is 0 Å². The Hall–Kier alpha value is -6.54. The summed E-state index contributed by atoms with van der Waals surface area (Å²) in [5.41, 5.74) is 1.63. The smallest absolute Gasteiger partial charge is 0.266 e. The highest BCUT2D eigenvalue weighted by molar-refractivity contribution is 5.93. The van der Waals surface area contributed by atoms with Crippen molar-refractivity contribution >= 4 is 33.4 Å². The molecule has 2 fully saturated rings. The molecule has 2 saturated heterocycles. The lowest BCUT2D eigenvalue weighted by Gasteiger charge is -2.51. The number of amides is 2. The monoisotopic (exact) mass is 716 g/mol. The third kappa shape index (κ3) is 6.40. The van der Waals surface area contributed by atoms with E-state index in [1.807, 2.05) is 133 Å². The van der Waals surface area contributed by atoms with Gasteiger partial charge in [-0.15, -0.1) is 0 Å². The maximum Gasteiger partial charge on any atom is 0.266 e. The van der Waals surface area contributed by atoms with E-state index in [0.29, 0.717) is 36.2 Å². The summed E-state index contributed by atoms with van der Waals surface area (Å²) in [6.07, 6.45) is 1.77. The highest BCUT2D eigenvalue weighted by Gasteiger charge is 2.54. The largest absolute Gasteiger partial charge is 0.489 e. The summed E-state index contributed by atoms with van der Waals surface area (Å²) in [5, 5.41) is 3.88. The maximum absolute atomic E-state index is 14.2. The van der Waals surface area contributed by atoms with E-state index < -0.39 is 24.3 Å². The molecule has 0 bridgehead atoms. The zero-order valence-corrected chi connectivity index (χ0v) is 29.8. The molecular formula is C46H40N2O6. The number of ether oxygens (including phenoxy) is 4. The Morgan fingerprint density at radius 1 is 0.481 bits per heavy atom. The number of β-lactam (4-membered cyclic amide) rings is 2. The van der Waals surface area contributed by atoms with Gasteiger partial charge < -0.3 is 28.7 Å². The van der Waals surface area contributed by atoms with Gasteiger partial charge in [0.25, 0.3) is 11.8 Å². The quantitative estimate of drug-likeness (QED) is 0.0784. The number of likely N-dealkylation sites (tertiary alicyclic amines) is 2. The molecule has 8 nitrogen and oxygen atoms in total. The van der Waals surface area contributed by atoms with Gasteiger partial charge in [-0.1, -0.05) is 135 Å². The second kappa shape index (κ2) is 15.2. The van der Waals surface area contributed by atoms with Crippen molar-refractivity contribution in [1.82, 2.24) is 9.80 Å². The predicted octanol–water partition coefficient (Wildman–Crippen LogP) is 8.48. The average Bonchev–Trinajstić information content (AvgIpc) is 3.22. The number of hydrogen-bond donors (Lipinski definition) is 0. The molecule has 2 amide bonds. The average molecular weight is 717 g/mol. The Kier molecular flexibility index (Phi) is 9.73. The van der Waals surface area contributed by atoms with E-state index in [-0.39, 0.29) is 24.9 Å². The molecule has 6 aromatic rings. The number of para-hydroxylation sites is 2. The molecule has 0 unspecified atom stereocenters. The third-order valence-electron chi connectivity index (χ3n) is 10.1. The van der Waals surface area contributed by atoms with Crippen LogP contribution in [-0.4, -0.2) is 60.1 Å². The molecule has 0 radical (unpaired) electrons. The zero-order valence-electron chi connectivity index (χ0n) is 29.8. The third-order valence-corrected chi connectivity index (χ3v) is 10.1. The van der Waals surface area contributed by atoms with Crippen LogP contribution < -0.4 is 18.9 Å². The number of fused-ring (bicyclic) bond motifs is 2. The fourth-order valence-corrected chi connectivity index (χ4v) is 7.52. The van der Waals surface area contributed by atoms with Crippen LogP contribution in [0.1, 0.15) is 23.2 Å². The number of rotatable bonds is 15. The van der Waals surface area contributed by atoms with Gasteiger partial charge in [-0.25, -0.2) is 0 Å². The van der Waals surface area contributed by atoms with Crippen molar-refractivity contribution in [2.24, 2.45) is 0 Å². The summed E-state index contributed by atoms with van der Waals surface area (Å²) in [6.45, 7) is 8.75. The van der Waals surface area contributed by atoms with Crippen molar-refractivity contribution in [2.45, 2.75) is 24.3 Å². The van der Waals surface area contributed by atoms with Crippen LogP contribution in [0.15, 0.2) is 159 Å². The molecule has 2 aliphatic rings. The summed E-state index contributed by atoms with van der Waals surface area (Å²) >= 11 is 0. The van der Waals surface area contributed by atoms with E-state index in [1.54, 1.807) is 22.0 Å². The second-order valence-electron chi connectivity index (χ2n) is 13.3. The van der Waals surface area contributed by atoms with Gasteiger partial charge in [-0.05, 0) is 35.0 Å². The minimum absolute atomic E-state index is 0.172. The topological polar surface area (TPSA) is 77.5 Å². The minimum atomic E-state index is -0.803. The van der Waals surface area contributed by atoms with Crippen molar-refractivity contribution in [1.29, 1.82) is 0 Å². The molecule has 0 N–H and O–H groups in total. The molecule has 270 valence electrons. The summed E-state index contributed by atoms with van der Waals surface area (Å²) < 4.78 is 25.3. The second-order valence-corrected chi connectivity index (χ2v) is 13.3.